The van der Waals surface area contributed by atoms with Crippen LogP contribution in [0.3, 0.4) is 0 Å². The second-order valence-corrected chi connectivity index (χ2v) is 2.06. The maximum absolute atomic E-state index is 9.52. The van der Waals surface area contributed by atoms with Crippen molar-refractivity contribution in [3.8, 4) is 0 Å². The fraction of sp³-hybridized carbons (Fsp3) is 0.167. The SMILES string of the molecule is C=CC(N)=O.CC=CO[SH](=O)=O. The fourth-order valence-electron chi connectivity index (χ4n) is 0.111. The molecule has 0 saturated heterocycles. The van der Waals surface area contributed by atoms with Crippen molar-refractivity contribution in [3.05, 3.63) is 25.0 Å². The van der Waals surface area contributed by atoms with E-state index < -0.39 is 16.9 Å². The van der Waals surface area contributed by atoms with Crippen LogP contribution in [0.25, 0.3) is 0 Å². The first-order valence-electron chi connectivity index (χ1n) is 2.88. The second-order valence-electron chi connectivity index (χ2n) is 1.40. The lowest BCUT2D eigenvalue weighted by Crippen LogP contribution is -2.04. The maximum atomic E-state index is 9.52. The Bertz CT molecular complexity index is 224. The molecule has 0 radical (unpaired) electrons. The predicted molar refractivity (Wildman–Crippen MR) is 45.6 cm³/mol. The van der Waals surface area contributed by atoms with Gasteiger partial charge in [0, 0.05) is 0 Å². The van der Waals surface area contributed by atoms with Crippen LogP contribution in [0.1, 0.15) is 6.92 Å². The fourth-order valence-corrected chi connectivity index (χ4v) is 0.332. The summed E-state index contributed by atoms with van der Waals surface area (Å²) in [6, 6.07) is 0. The van der Waals surface area contributed by atoms with Gasteiger partial charge < -0.3 is 9.92 Å². The molecule has 0 atom stereocenters. The smallest absolute Gasteiger partial charge is 0.298 e. The molecule has 0 bridgehead atoms. The Kier molecular flexibility index (Phi) is 10.8. The number of allylic oxidation sites excluding steroid dienone is 1. The second kappa shape index (κ2) is 9.70. The summed E-state index contributed by atoms with van der Waals surface area (Å²) in [4.78, 5) is 9.47. The molecular formula is C6H11NO4S. The average molecular weight is 193 g/mol. The molecule has 5 nitrogen and oxygen atoms in total. The van der Waals surface area contributed by atoms with Crippen LogP contribution in [-0.4, -0.2) is 14.3 Å². The first kappa shape index (κ1) is 13.3. The summed E-state index contributed by atoms with van der Waals surface area (Å²) >= 11 is 0. The van der Waals surface area contributed by atoms with Crippen LogP contribution in [0.4, 0.5) is 0 Å². The number of amides is 1. The van der Waals surface area contributed by atoms with E-state index in [1.54, 1.807) is 6.92 Å². The molecule has 0 unspecified atom stereocenters. The number of thiol groups is 1. The Labute approximate surface area is 72.7 Å². The highest BCUT2D eigenvalue weighted by atomic mass is 32.2. The summed E-state index contributed by atoms with van der Waals surface area (Å²) in [6.45, 7) is 4.75. The van der Waals surface area contributed by atoms with Crippen molar-refractivity contribution in [3.63, 3.8) is 0 Å². The van der Waals surface area contributed by atoms with Gasteiger partial charge >= 0.3 is 0 Å². The van der Waals surface area contributed by atoms with Crippen molar-refractivity contribution in [1.29, 1.82) is 0 Å². The van der Waals surface area contributed by atoms with Crippen LogP contribution in [0.2, 0.25) is 0 Å². The lowest BCUT2D eigenvalue weighted by Gasteiger charge is -1.78. The van der Waals surface area contributed by atoms with E-state index >= 15 is 0 Å². The molecule has 0 fully saturated rings. The van der Waals surface area contributed by atoms with E-state index in [1.807, 2.05) is 0 Å². The van der Waals surface area contributed by atoms with Crippen LogP contribution < -0.4 is 5.73 Å². The third kappa shape index (κ3) is 23.4. The molecule has 70 valence electrons. The Hall–Kier alpha value is -1.30. The molecule has 6 heteroatoms. The van der Waals surface area contributed by atoms with Crippen LogP contribution in [0, 0.1) is 0 Å². The molecule has 0 saturated carbocycles. The monoisotopic (exact) mass is 193 g/mol. The number of nitrogens with two attached hydrogens (primary N) is 1. The van der Waals surface area contributed by atoms with E-state index in [-0.39, 0.29) is 0 Å². The van der Waals surface area contributed by atoms with E-state index in [0.29, 0.717) is 0 Å². The molecule has 0 aromatic heterocycles. The number of hydrogen-bond donors (Lipinski definition) is 2. The summed E-state index contributed by atoms with van der Waals surface area (Å²) in [6.07, 6.45) is 3.65. The molecule has 0 aromatic rings. The van der Waals surface area contributed by atoms with E-state index in [0.717, 1.165) is 12.3 Å². The molecule has 0 rings (SSSR count). The van der Waals surface area contributed by atoms with Gasteiger partial charge in [-0.3, -0.25) is 4.79 Å². The van der Waals surface area contributed by atoms with E-state index in [4.69, 9.17) is 0 Å². The van der Waals surface area contributed by atoms with Crippen molar-refractivity contribution in [2.75, 3.05) is 0 Å². The Morgan fingerprint density at radius 2 is 2.00 bits per heavy atom. The van der Waals surface area contributed by atoms with Crippen LogP contribution in [0.5, 0.6) is 0 Å². The summed E-state index contributed by atoms with van der Waals surface area (Å²) in [7, 11) is -2.69. The zero-order chi connectivity index (χ0) is 9.98. The van der Waals surface area contributed by atoms with Gasteiger partial charge in [0.2, 0.25) is 5.91 Å². The molecular weight excluding hydrogens is 182 g/mol. The summed E-state index contributed by atoms with van der Waals surface area (Å²) in [5.74, 6) is -0.481. The zero-order valence-electron chi connectivity index (χ0n) is 6.60. The highest BCUT2D eigenvalue weighted by molar-refractivity contribution is 7.67. The van der Waals surface area contributed by atoms with Crippen LogP contribution in [0.15, 0.2) is 25.0 Å². The average Bonchev–Trinajstić information content (AvgIpc) is 2.02. The molecule has 1 amide bonds. The quantitative estimate of drug-likeness (QED) is 0.366. The van der Waals surface area contributed by atoms with Gasteiger partial charge in [-0.15, -0.1) is 0 Å². The molecule has 0 aliphatic rings. The number of hydrogen-bond acceptors (Lipinski definition) is 4. The molecule has 0 aliphatic heterocycles. The molecule has 0 spiro atoms. The minimum absolute atomic E-state index is 0.481. The van der Waals surface area contributed by atoms with Gasteiger partial charge in [0.05, 0.1) is 0 Å². The topological polar surface area (TPSA) is 86.5 Å². The van der Waals surface area contributed by atoms with Crippen molar-refractivity contribution < 1.29 is 17.4 Å². The summed E-state index contributed by atoms with van der Waals surface area (Å²) in [5, 5.41) is 0. The van der Waals surface area contributed by atoms with E-state index in [9.17, 15) is 13.2 Å². The van der Waals surface area contributed by atoms with Crippen LogP contribution >= 0.6 is 0 Å². The van der Waals surface area contributed by atoms with Crippen molar-refractivity contribution in [1.82, 2.24) is 0 Å². The van der Waals surface area contributed by atoms with Gasteiger partial charge in [-0.1, -0.05) is 12.7 Å². The van der Waals surface area contributed by atoms with Gasteiger partial charge in [-0.2, -0.15) is 8.42 Å². The van der Waals surface area contributed by atoms with Gasteiger partial charge in [-0.05, 0) is 13.0 Å². The predicted octanol–water partition coefficient (Wildman–Crippen LogP) is -0.279. The van der Waals surface area contributed by atoms with Crippen molar-refractivity contribution in [2.45, 2.75) is 6.92 Å². The van der Waals surface area contributed by atoms with Crippen LogP contribution in [-0.2, 0) is 20.0 Å². The molecule has 0 aliphatic carbocycles. The number of primary amides is 1. The summed E-state index contributed by atoms with van der Waals surface area (Å²) < 4.78 is 23.0. The lowest BCUT2D eigenvalue weighted by atomic mass is 10.6. The normalized spacial score (nSPS) is 8.83. The van der Waals surface area contributed by atoms with Gasteiger partial charge in [0.15, 0.2) is 0 Å². The number of carbonyl (C=O) groups is 1. The Morgan fingerprint density at radius 1 is 1.58 bits per heavy atom. The minimum Gasteiger partial charge on any atom is -0.393 e. The lowest BCUT2D eigenvalue weighted by molar-refractivity contribution is -0.113. The van der Waals surface area contributed by atoms with Gasteiger partial charge in [0.25, 0.3) is 11.0 Å². The Morgan fingerprint density at radius 3 is 2.08 bits per heavy atom. The highest BCUT2D eigenvalue weighted by Gasteiger charge is 1.69. The molecule has 12 heavy (non-hydrogen) atoms. The molecule has 2 N–H and O–H groups in total. The minimum atomic E-state index is -2.69. The number of carbonyl (C=O) groups excluding carboxylic acids is 1. The molecule has 0 heterocycles. The summed E-state index contributed by atoms with van der Waals surface area (Å²) in [5.41, 5.74) is 4.53. The third-order valence-electron chi connectivity index (χ3n) is 0.484. The maximum Gasteiger partial charge on any atom is 0.298 e. The third-order valence-corrected chi connectivity index (χ3v) is 0.778. The Balaban J connectivity index is 0. The van der Waals surface area contributed by atoms with Crippen molar-refractivity contribution in [2.24, 2.45) is 5.73 Å². The van der Waals surface area contributed by atoms with Crippen molar-refractivity contribution >= 4 is 16.9 Å². The zero-order valence-corrected chi connectivity index (χ0v) is 7.49. The van der Waals surface area contributed by atoms with E-state index in [2.05, 4.69) is 16.5 Å². The molecule has 0 aromatic carbocycles. The van der Waals surface area contributed by atoms with Gasteiger partial charge in [0.1, 0.15) is 6.26 Å². The first-order chi connectivity index (χ1) is 5.54. The van der Waals surface area contributed by atoms with E-state index in [1.165, 1.54) is 6.08 Å². The van der Waals surface area contributed by atoms with Gasteiger partial charge in [-0.25, -0.2) is 0 Å². The number of rotatable bonds is 3. The standard InChI is InChI=1S/C3H5NO.C3H6O3S/c1-2-3(4)5;1-2-3-6-7(4)5/h2H,1H2,(H2,4,5);2-3,7H,1H3. The largest absolute Gasteiger partial charge is 0.393 e. The first-order valence-corrected chi connectivity index (χ1v) is 3.98. The highest BCUT2D eigenvalue weighted by Crippen LogP contribution is 1.72.